The molecule has 0 aliphatic carbocycles. The molecule has 0 atom stereocenters. The molecule has 0 aliphatic heterocycles. The van der Waals surface area contributed by atoms with Crippen molar-refractivity contribution in [2.75, 3.05) is 6.54 Å². The number of nitrogens with zero attached hydrogens (tertiary/aromatic N) is 2. The van der Waals surface area contributed by atoms with Gasteiger partial charge in [-0.15, -0.1) is 11.3 Å². The van der Waals surface area contributed by atoms with E-state index in [1.807, 2.05) is 19.1 Å². The Hall–Kier alpha value is -2.73. The fourth-order valence-electron chi connectivity index (χ4n) is 3.61. The van der Waals surface area contributed by atoms with E-state index >= 15 is 0 Å². The summed E-state index contributed by atoms with van der Waals surface area (Å²) >= 11 is 1.61. The number of hydrogen-bond donors (Lipinski definition) is 1. The van der Waals surface area contributed by atoms with Gasteiger partial charge in [-0.2, -0.15) is 5.10 Å². The predicted octanol–water partition coefficient (Wildman–Crippen LogP) is 4.55. The molecule has 164 valence electrons. The number of rotatable bonds is 6. The second-order valence-electron chi connectivity index (χ2n) is 9.06. The van der Waals surface area contributed by atoms with Crippen LogP contribution in [0.5, 0.6) is 0 Å². The molecule has 0 aliphatic rings. The molecule has 1 amide bonds. The van der Waals surface area contributed by atoms with Gasteiger partial charge in [-0.25, -0.2) is 4.68 Å². The lowest BCUT2D eigenvalue weighted by Crippen LogP contribution is -2.34. The fraction of sp³-hybridized carbons (Fsp3) is 0.400. The van der Waals surface area contributed by atoms with Gasteiger partial charge in [0, 0.05) is 17.5 Å². The van der Waals surface area contributed by atoms with Crippen LogP contribution in [-0.2, 0) is 23.2 Å². The second kappa shape index (κ2) is 9.18. The molecular formula is C25H31N3O2S. The lowest BCUT2D eigenvalue weighted by Gasteiger charge is -2.22. The van der Waals surface area contributed by atoms with E-state index in [2.05, 4.69) is 57.2 Å². The molecule has 0 spiro atoms. The zero-order valence-corrected chi connectivity index (χ0v) is 20.0. The smallest absolute Gasteiger partial charge is 0.267 e. The van der Waals surface area contributed by atoms with E-state index in [1.165, 1.54) is 37.9 Å². The van der Waals surface area contributed by atoms with Gasteiger partial charge >= 0.3 is 0 Å². The van der Waals surface area contributed by atoms with Gasteiger partial charge in [-0.1, -0.05) is 32.9 Å². The molecule has 31 heavy (non-hydrogen) atoms. The lowest BCUT2D eigenvalue weighted by molar-refractivity contribution is -0.121. The van der Waals surface area contributed by atoms with Crippen molar-refractivity contribution in [2.24, 2.45) is 0 Å². The van der Waals surface area contributed by atoms with E-state index in [1.54, 1.807) is 17.4 Å². The maximum Gasteiger partial charge on any atom is 0.267 e. The van der Waals surface area contributed by atoms with E-state index in [0.717, 1.165) is 11.3 Å². The quantitative estimate of drug-likeness (QED) is 0.615. The molecular weight excluding hydrogens is 406 g/mol. The topological polar surface area (TPSA) is 64.0 Å². The number of hydrogen-bond acceptors (Lipinski definition) is 4. The van der Waals surface area contributed by atoms with Crippen molar-refractivity contribution in [2.45, 2.75) is 59.9 Å². The van der Waals surface area contributed by atoms with Crippen LogP contribution >= 0.6 is 11.3 Å². The Bertz CT molecular complexity index is 1130. The van der Waals surface area contributed by atoms with E-state index < -0.39 is 0 Å². The largest absolute Gasteiger partial charge is 0.354 e. The van der Waals surface area contributed by atoms with Gasteiger partial charge in [0.1, 0.15) is 12.2 Å². The van der Waals surface area contributed by atoms with Crippen molar-refractivity contribution in [3.63, 3.8) is 0 Å². The van der Waals surface area contributed by atoms with Gasteiger partial charge in [-0.3, -0.25) is 9.59 Å². The molecule has 0 bridgehead atoms. The minimum atomic E-state index is -0.281. The Balaban J connectivity index is 1.63. The van der Waals surface area contributed by atoms with Gasteiger partial charge in [0.2, 0.25) is 5.91 Å². The van der Waals surface area contributed by atoms with Gasteiger partial charge in [0.15, 0.2) is 0 Å². The van der Waals surface area contributed by atoms with E-state index in [4.69, 9.17) is 0 Å². The molecule has 0 saturated heterocycles. The number of carbonyl (C=O) groups is 1. The van der Waals surface area contributed by atoms with Crippen LogP contribution in [0.3, 0.4) is 0 Å². The third kappa shape index (κ3) is 5.70. The molecule has 3 rings (SSSR count). The van der Waals surface area contributed by atoms with Crippen molar-refractivity contribution in [1.29, 1.82) is 0 Å². The SMILES string of the molecule is Cc1ccc(-c2ccc(=O)n(CC(=O)NCCc3c(C)cc(C(C)(C)C)cc3C)n2)s1. The third-order valence-electron chi connectivity index (χ3n) is 5.41. The van der Waals surface area contributed by atoms with Crippen LogP contribution in [0.2, 0.25) is 0 Å². The van der Waals surface area contributed by atoms with Crippen molar-refractivity contribution < 1.29 is 4.79 Å². The van der Waals surface area contributed by atoms with Crippen molar-refractivity contribution in [1.82, 2.24) is 15.1 Å². The Kier molecular flexibility index (Phi) is 6.80. The first kappa shape index (κ1) is 22.9. The number of amides is 1. The number of carbonyl (C=O) groups excluding carboxylic acids is 1. The van der Waals surface area contributed by atoms with Crippen molar-refractivity contribution in [3.8, 4) is 10.6 Å². The Morgan fingerprint density at radius 2 is 1.74 bits per heavy atom. The Labute approximate surface area is 188 Å². The minimum Gasteiger partial charge on any atom is -0.354 e. The highest BCUT2D eigenvalue weighted by Gasteiger charge is 2.16. The Morgan fingerprint density at radius 3 is 2.32 bits per heavy atom. The summed E-state index contributed by atoms with van der Waals surface area (Å²) in [5.74, 6) is -0.212. The molecule has 6 heteroatoms. The number of aromatic nitrogens is 2. The summed E-state index contributed by atoms with van der Waals surface area (Å²) in [5.41, 5.74) is 5.61. The average Bonchev–Trinajstić information content (AvgIpc) is 3.11. The summed E-state index contributed by atoms with van der Waals surface area (Å²) in [7, 11) is 0. The first-order valence-corrected chi connectivity index (χ1v) is 11.4. The number of benzene rings is 1. The van der Waals surface area contributed by atoms with Gasteiger partial charge in [-0.05, 0) is 73.1 Å². The van der Waals surface area contributed by atoms with Gasteiger partial charge < -0.3 is 5.32 Å². The zero-order chi connectivity index (χ0) is 22.8. The van der Waals surface area contributed by atoms with E-state index in [9.17, 15) is 9.59 Å². The van der Waals surface area contributed by atoms with Gasteiger partial charge in [0.05, 0.1) is 4.88 Å². The third-order valence-corrected chi connectivity index (χ3v) is 6.44. The second-order valence-corrected chi connectivity index (χ2v) is 10.4. The van der Waals surface area contributed by atoms with E-state index in [0.29, 0.717) is 12.2 Å². The maximum absolute atomic E-state index is 12.5. The van der Waals surface area contributed by atoms with Crippen LogP contribution in [0.4, 0.5) is 0 Å². The van der Waals surface area contributed by atoms with Crippen LogP contribution in [-0.4, -0.2) is 22.2 Å². The highest BCUT2D eigenvalue weighted by Crippen LogP contribution is 2.27. The Morgan fingerprint density at radius 1 is 1.06 bits per heavy atom. The molecule has 0 unspecified atom stereocenters. The number of nitrogens with one attached hydrogen (secondary N) is 1. The molecule has 1 N–H and O–H groups in total. The highest BCUT2D eigenvalue weighted by molar-refractivity contribution is 7.15. The van der Waals surface area contributed by atoms with Crippen LogP contribution in [0, 0.1) is 20.8 Å². The first-order valence-electron chi connectivity index (χ1n) is 10.6. The monoisotopic (exact) mass is 437 g/mol. The molecule has 2 aromatic heterocycles. The van der Waals surface area contributed by atoms with Crippen molar-refractivity contribution >= 4 is 17.2 Å². The van der Waals surface area contributed by atoms with Crippen molar-refractivity contribution in [3.05, 3.63) is 73.9 Å². The molecule has 1 aromatic carbocycles. The summed E-state index contributed by atoms with van der Waals surface area (Å²) in [6, 6.07) is 11.6. The highest BCUT2D eigenvalue weighted by atomic mass is 32.1. The lowest BCUT2D eigenvalue weighted by atomic mass is 9.83. The summed E-state index contributed by atoms with van der Waals surface area (Å²) < 4.78 is 1.23. The van der Waals surface area contributed by atoms with Crippen LogP contribution in [0.1, 0.15) is 47.9 Å². The molecule has 0 radical (unpaired) electrons. The average molecular weight is 438 g/mol. The number of aryl methyl sites for hydroxylation is 3. The van der Waals surface area contributed by atoms with E-state index in [-0.39, 0.29) is 23.4 Å². The summed E-state index contributed by atoms with van der Waals surface area (Å²) in [6.07, 6.45) is 0.755. The molecule has 2 heterocycles. The summed E-state index contributed by atoms with van der Waals surface area (Å²) in [4.78, 5) is 26.8. The standard InChI is InChI=1S/C25H31N3O2S/c1-16-13-19(25(4,5)6)14-17(2)20(16)11-12-26-23(29)15-28-24(30)10-8-21(27-28)22-9-7-18(3)31-22/h7-10,13-14H,11-12,15H2,1-6H3,(H,26,29). The predicted molar refractivity (Wildman–Crippen MR) is 128 cm³/mol. The first-order chi connectivity index (χ1) is 14.5. The molecule has 5 nitrogen and oxygen atoms in total. The molecule has 0 saturated carbocycles. The normalized spacial score (nSPS) is 11.5. The number of thiophene rings is 1. The zero-order valence-electron chi connectivity index (χ0n) is 19.2. The fourth-order valence-corrected chi connectivity index (χ4v) is 4.44. The van der Waals surface area contributed by atoms with Crippen LogP contribution in [0.15, 0.2) is 41.2 Å². The summed E-state index contributed by atoms with van der Waals surface area (Å²) in [5, 5.41) is 7.31. The van der Waals surface area contributed by atoms with Gasteiger partial charge in [0.25, 0.3) is 5.56 Å². The van der Waals surface area contributed by atoms with Crippen LogP contribution < -0.4 is 10.9 Å². The molecule has 3 aromatic rings. The molecule has 0 fully saturated rings. The van der Waals surface area contributed by atoms with Crippen LogP contribution in [0.25, 0.3) is 10.6 Å². The minimum absolute atomic E-state index is 0.0854. The summed E-state index contributed by atoms with van der Waals surface area (Å²) in [6.45, 7) is 13.4. The maximum atomic E-state index is 12.5.